The van der Waals surface area contributed by atoms with E-state index in [9.17, 15) is 14.9 Å². The van der Waals surface area contributed by atoms with E-state index in [1.165, 1.54) is 6.08 Å². The third-order valence-electron chi connectivity index (χ3n) is 2.61. The molecule has 0 aromatic heterocycles. The van der Waals surface area contributed by atoms with E-state index in [0.29, 0.717) is 6.54 Å². The molecule has 1 aliphatic heterocycles. The number of carbonyl (C=O) groups excluding carboxylic acids is 1. The van der Waals surface area contributed by atoms with Crippen molar-refractivity contribution in [2.45, 2.75) is 51.7 Å². The number of amides is 1. The second kappa shape index (κ2) is 5.84. The van der Waals surface area contributed by atoms with Crippen molar-refractivity contribution in [3.05, 3.63) is 22.4 Å². The molecule has 1 fully saturated rings. The van der Waals surface area contributed by atoms with Gasteiger partial charge in [-0.25, -0.2) is 4.79 Å². The Hall–Kier alpha value is -1.59. The number of rotatable bonds is 2. The van der Waals surface area contributed by atoms with Crippen molar-refractivity contribution in [3.8, 4) is 0 Å². The first-order valence-corrected chi connectivity index (χ1v) is 6.11. The van der Waals surface area contributed by atoms with Gasteiger partial charge in [-0.2, -0.15) is 0 Å². The minimum Gasteiger partial charge on any atom is -0.444 e. The van der Waals surface area contributed by atoms with Gasteiger partial charge >= 0.3 is 6.09 Å². The van der Waals surface area contributed by atoms with Crippen LogP contribution in [-0.4, -0.2) is 34.1 Å². The molecule has 0 radical (unpaired) electrons. The maximum absolute atomic E-state index is 12.0. The minimum absolute atomic E-state index is 0.237. The van der Waals surface area contributed by atoms with Crippen molar-refractivity contribution in [2.75, 3.05) is 6.54 Å². The Balaban J connectivity index is 2.70. The zero-order chi connectivity index (χ0) is 13.8. The molecule has 1 rings (SSSR count). The van der Waals surface area contributed by atoms with Crippen molar-refractivity contribution in [3.63, 3.8) is 0 Å². The molecule has 0 saturated carbocycles. The van der Waals surface area contributed by atoms with Crippen molar-refractivity contribution >= 4 is 6.09 Å². The molecule has 1 saturated heterocycles. The second-order valence-electron chi connectivity index (χ2n) is 5.36. The van der Waals surface area contributed by atoms with Crippen molar-refractivity contribution in [1.82, 2.24) is 4.90 Å². The SMILES string of the molecule is CC(C)(C)OC(=O)N1CCCCC1/C=C/[N+](=O)[O-]. The Morgan fingerprint density at radius 3 is 2.67 bits per heavy atom. The Morgan fingerprint density at radius 2 is 2.11 bits per heavy atom. The molecule has 0 N–H and O–H groups in total. The van der Waals surface area contributed by atoms with E-state index in [2.05, 4.69) is 0 Å². The Morgan fingerprint density at radius 1 is 1.44 bits per heavy atom. The monoisotopic (exact) mass is 256 g/mol. The summed E-state index contributed by atoms with van der Waals surface area (Å²) >= 11 is 0. The molecule has 0 aromatic rings. The highest BCUT2D eigenvalue weighted by atomic mass is 16.6. The van der Waals surface area contributed by atoms with E-state index in [-0.39, 0.29) is 6.04 Å². The molecule has 1 heterocycles. The lowest BCUT2D eigenvalue weighted by Gasteiger charge is -2.34. The quantitative estimate of drug-likeness (QED) is 0.562. The zero-order valence-electron chi connectivity index (χ0n) is 11.1. The van der Waals surface area contributed by atoms with Gasteiger partial charge in [-0.3, -0.25) is 10.1 Å². The van der Waals surface area contributed by atoms with Gasteiger partial charge in [0.25, 0.3) is 0 Å². The molecule has 0 bridgehead atoms. The van der Waals surface area contributed by atoms with Crippen LogP contribution in [-0.2, 0) is 4.74 Å². The van der Waals surface area contributed by atoms with E-state index in [0.717, 1.165) is 25.5 Å². The fraction of sp³-hybridized carbons (Fsp3) is 0.750. The molecule has 6 heteroatoms. The third kappa shape index (κ3) is 4.73. The van der Waals surface area contributed by atoms with Gasteiger partial charge in [0, 0.05) is 12.6 Å². The molecular formula is C12H20N2O4. The topological polar surface area (TPSA) is 72.7 Å². The third-order valence-corrected chi connectivity index (χ3v) is 2.61. The normalized spacial score (nSPS) is 21.1. The van der Waals surface area contributed by atoms with Gasteiger partial charge in [0.1, 0.15) is 5.60 Å². The van der Waals surface area contributed by atoms with Crippen LogP contribution < -0.4 is 0 Å². The molecule has 0 aliphatic carbocycles. The maximum atomic E-state index is 12.0. The molecule has 1 unspecified atom stereocenters. The lowest BCUT2D eigenvalue weighted by atomic mass is 10.0. The molecular weight excluding hydrogens is 236 g/mol. The van der Waals surface area contributed by atoms with Crippen LogP contribution in [0.3, 0.4) is 0 Å². The fourth-order valence-corrected chi connectivity index (χ4v) is 1.87. The van der Waals surface area contributed by atoms with Crippen LogP contribution in [0, 0.1) is 10.1 Å². The first kappa shape index (κ1) is 14.5. The zero-order valence-corrected chi connectivity index (χ0v) is 11.1. The van der Waals surface area contributed by atoms with E-state index < -0.39 is 16.6 Å². The fourth-order valence-electron chi connectivity index (χ4n) is 1.87. The predicted octanol–water partition coefficient (Wildman–Crippen LogP) is 2.57. The Labute approximate surface area is 107 Å². The number of hydrogen-bond donors (Lipinski definition) is 0. The van der Waals surface area contributed by atoms with Gasteiger partial charge in [0.2, 0.25) is 6.20 Å². The summed E-state index contributed by atoms with van der Waals surface area (Å²) in [5.41, 5.74) is -0.550. The molecule has 1 atom stereocenters. The number of carbonyl (C=O) groups is 1. The van der Waals surface area contributed by atoms with Gasteiger partial charge in [-0.1, -0.05) is 0 Å². The minimum atomic E-state index is -0.550. The summed E-state index contributed by atoms with van der Waals surface area (Å²) in [5, 5.41) is 10.3. The van der Waals surface area contributed by atoms with E-state index in [4.69, 9.17) is 4.74 Å². The van der Waals surface area contributed by atoms with Gasteiger partial charge in [0.15, 0.2) is 0 Å². The van der Waals surface area contributed by atoms with Crippen LogP contribution in [0.2, 0.25) is 0 Å². The van der Waals surface area contributed by atoms with E-state index >= 15 is 0 Å². The number of hydrogen-bond acceptors (Lipinski definition) is 4. The smallest absolute Gasteiger partial charge is 0.410 e. The first-order chi connectivity index (χ1) is 8.29. The molecule has 18 heavy (non-hydrogen) atoms. The lowest BCUT2D eigenvalue weighted by molar-refractivity contribution is -0.402. The molecule has 1 aliphatic rings. The summed E-state index contributed by atoms with van der Waals surface area (Å²) in [6, 6.07) is -0.237. The molecule has 0 aromatic carbocycles. The summed E-state index contributed by atoms with van der Waals surface area (Å²) in [6.07, 6.45) is 4.56. The van der Waals surface area contributed by atoms with E-state index in [1.54, 1.807) is 25.7 Å². The highest BCUT2D eigenvalue weighted by Gasteiger charge is 2.29. The maximum Gasteiger partial charge on any atom is 0.410 e. The van der Waals surface area contributed by atoms with Crippen LogP contribution in [0.15, 0.2) is 12.3 Å². The highest BCUT2D eigenvalue weighted by Crippen LogP contribution is 2.21. The summed E-state index contributed by atoms with van der Waals surface area (Å²) in [6.45, 7) is 5.99. The molecule has 0 spiro atoms. The first-order valence-electron chi connectivity index (χ1n) is 6.11. The molecule has 102 valence electrons. The summed E-state index contributed by atoms with van der Waals surface area (Å²) in [7, 11) is 0. The predicted molar refractivity (Wildman–Crippen MR) is 66.7 cm³/mol. The summed E-state index contributed by atoms with van der Waals surface area (Å²) in [5.74, 6) is 0. The van der Waals surface area contributed by atoms with Crippen LogP contribution in [0.4, 0.5) is 4.79 Å². The molecule has 1 amide bonds. The van der Waals surface area contributed by atoms with Gasteiger partial charge in [-0.05, 0) is 40.0 Å². The molecule has 6 nitrogen and oxygen atoms in total. The van der Waals surface area contributed by atoms with Crippen molar-refractivity contribution in [1.29, 1.82) is 0 Å². The average molecular weight is 256 g/mol. The van der Waals surface area contributed by atoms with Gasteiger partial charge in [0.05, 0.1) is 11.0 Å². The van der Waals surface area contributed by atoms with Crippen LogP contribution >= 0.6 is 0 Å². The summed E-state index contributed by atoms with van der Waals surface area (Å²) < 4.78 is 5.30. The van der Waals surface area contributed by atoms with Gasteiger partial charge < -0.3 is 9.64 Å². The second-order valence-corrected chi connectivity index (χ2v) is 5.36. The van der Waals surface area contributed by atoms with Crippen LogP contribution in [0.5, 0.6) is 0 Å². The Bertz CT molecular complexity index is 346. The lowest BCUT2D eigenvalue weighted by Crippen LogP contribution is -2.45. The largest absolute Gasteiger partial charge is 0.444 e. The van der Waals surface area contributed by atoms with Crippen LogP contribution in [0.1, 0.15) is 40.0 Å². The van der Waals surface area contributed by atoms with Crippen molar-refractivity contribution < 1.29 is 14.5 Å². The number of likely N-dealkylation sites (tertiary alicyclic amines) is 1. The van der Waals surface area contributed by atoms with Crippen LogP contribution in [0.25, 0.3) is 0 Å². The van der Waals surface area contributed by atoms with Gasteiger partial charge in [-0.15, -0.1) is 0 Å². The summed E-state index contributed by atoms with van der Waals surface area (Å²) in [4.78, 5) is 23.4. The van der Waals surface area contributed by atoms with Crippen molar-refractivity contribution in [2.24, 2.45) is 0 Å². The number of ether oxygens (including phenoxy) is 1. The standard InChI is InChI=1S/C12H20N2O4/c1-12(2,3)18-11(15)13-8-5-4-6-10(13)7-9-14(16)17/h7,9-10H,4-6,8H2,1-3H3/b9-7+. The van der Waals surface area contributed by atoms with E-state index in [1.807, 2.05) is 0 Å². The Kier molecular flexibility index (Phi) is 4.69. The number of piperidine rings is 1. The number of nitrogens with zero attached hydrogens (tertiary/aromatic N) is 2. The highest BCUT2D eigenvalue weighted by molar-refractivity contribution is 5.69. The number of nitro groups is 1. The average Bonchev–Trinajstić information content (AvgIpc) is 2.24.